The van der Waals surface area contributed by atoms with Gasteiger partial charge in [0.15, 0.2) is 0 Å². The van der Waals surface area contributed by atoms with Gasteiger partial charge in [-0.2, -0.15) is 0 Å². The zero-order valence-corrected chi connectivity index (χ0v) is 7.35. The molecule has 0 bridgehead atoms. The molecule has 1 rings (SSSR count). The maximum atomic E-state index is 3.87. The van der Waals surface area contributed by atoms with Crippen LogP contribution in [0.3, 0.4) is 0 Å². The number of rotatable bonds is 2. The Morgan fingerprint density at radius 1 is 1.18 bits per heavy atom. The number of aryl methyl sites for hydroxylation is 2. The molecule has 1 aromatic carbocycles. The van der Waals surface area contributed by atoms with Crippen molar-refractivity contribution in [3.8, 4) is 0 Å². The van der Waals surface area contributed by atoms with Crippen LogP contribution in [0.5, 0.6) is 0 Å². The highest BCUT2D eigenvalue weighted by Crippen LogP contribution is 2.10. The van der Waals surface area contributed by atoms with Crippen molar-refractivity contribution in [2.75, 3.05) is 0 Å². The van der Waals surface area contributed by atoms with Crippen molar-refractivity contribution in [3.63, 3.8) is 0 Å². The molecule has 0 aliphatic carbocycles. The molecule has 0 spiro atoms. The van der Waals surface area contributed by atoms with Crippen LogP contribution in [0.15, 0.2) is 18.2 Å². The molecule has 0 fully saturated rings. The standard InChI is InChI=1S/C11H15/c1-4-10-6-9(3)7-11(5-2)8-10/h6-8H,1,4-5H2,2-3H3. The quantitative estimate of drug-likeness (QED) is 0.603. The molecular weight excluding hydrogens is 132 g/mol. The van der Waals surface area contributed by atoms with Crippen molar-refractivity contribution in [1.29, 1.82) is 0 Å². The average Bonchev–Trinajstić information content (AvgIpc) is 2.03. The van der Waals surface area contributed by atoms with Gasteiger partial charge in [-0.05, 0) is 37.8 Å². The fourth-order valence-electron chi connectivity index (χ4n) is 1.30. The average molecular weight is 147 g/mol. The summed E-state index contributed by atoms with van der Waals surface area (Å²) in [6.45, 7) is 8.19. The van der Waals surface area contributed by atoms with Crippen LogP contribution < -0.4 is 0 Å². The van der Waals surface area contributed by atoms with Gasteiger partial charge in [0, 0.05) is 0 Å². The van der Waals surface area contributed by atoms with Crippen LogP contribution in [-0.2, 0) is 12.8 Å². The Morgan fingerprint density at radius 3 is 2.36 bits per heavy atom. The van der Waals surface area contributed by atoms with E-state index in [9.17, 15) is 0 Å². The Hall–Kier alpha value is -0.780. The van der Waals surface area contributed by atoms with Gasteiger partial charge in [-0.3, -0.25) is 0 Å². The van der Waals surface area contributed by atoms with Crippen molar-refractivity contribution in [2.45, 2.75) is 26.7 Å². The monoisotopic (exact) mass is 147 g/mol. The maximum Gasteiger partial charge on any atom is -0.0279 e. The molecule has 1 aromatic rings. The summed E-state index contributed by atoms with van der Waals surface area (Å²) >= 11 is 0. The van der Waals surface area contributed by atoms with E-state index in [-0.39, 0.29) is 0 Å². The van der Waals surface area contributed by atoms with Crippen molar-refractivity contribution < 1.29 is 0 Å². The highest BCUT2D eigenvalue weighted by Gasteiger charge is 1.94. The smallest absolute Gasteiger partial charge is 0.0279 e. The van der Waals surface area contributed by atoms with Crippen LogP contribution in [0, 0.1) is 13.8 Å². The molecule has 0 nitrogen and oxygen atoms in total. The zero-order chi connectivity index (χ0) is 8.27. The number of hydrogen-bond donors (Lipinski definition) is 0. The van der Waals surface area contributed by atoms with E-state index < -0.39 is 0 Å². The lowest BCUT2D eigenvalue weighted by Crippen LogP contribution is -1.87. The molecule has 0 amide bonds. The summed E-state index contributed by atoms with van der Waals surface area (Å²) < 4.78 is 0. The lowest BCUT2D eigenvalue weighted by atomic mass is 10.0. The van der Waals surface area contributed by atoms with E-state index in [1.165, 1.54) is 16.7 Å². The van der Waals surface area contributed by atoms with Gasteiger partial charge in [0.1, 0.15) is 0 Å². The third kappa shape index (κ3) is 2.07. The van der Waals surface area contributed by atoms with Gasteiger partial charge in [0.25, 0.3) is 0 Å². The Balaban J connectivity index is 3.02. The summed E-state index contributed by atoms with van der Waals surface area (Å²) in [6.07, 6.45) is 2.02. The maximum absolute atomic E-state index is 3.87. The van der Waals surface area contributed by atoms with Gasteiger partial charge in [0.05, 0.1) is 0 Å². The van der Waals surface area contributed by atoms with E-state index >= 15 is 0 Å². The third-order valence-electron chi connectivity index (χ3n) is 1.89. The van der Waals surface area contributed by atoms with E-state index in [0.717, 1.165) is 12.8 Å². The van der Waals surface area contributed by atoms with E-state index in [0.29, 0.717) is 0 Å². The predicted octanol–water partition coefficient (Wildman–Crippen LogP) is 2.93. The first-order valence-corrected chi connectivity index (χ1v) is 4.15. The Kier molecular flexibility index (Phi) is 2.70. The fraction of sp³-hybridized carbons (Fsp3) is 0.364. The predicted molar refractivity (Wildman–Crippen MR) is 49.6 cm³/mol. The van der Waals surface area contributed by atoms with Gasteiger partial charge >= 0.3 is 0 Å². The van der Waals surface area contributed by atoms with Crippen molar-refractivity contribution in [2.24, 2.45) is 0 Å². The summed E-state index contributed by atoms with van der Waals surface area (Å²) in [5.74, 6) is 0. The molecule has 0 aliphatic rings. The molecule has 0 saturated carbocycles. The van der Waals surface area contributed by atoms with Gasteiger partial charge in [-0.15, -0.1) is 0 Å². The summed E-state index contributed by atoms with van der Waals surface area (Å²) in [5.41, 5.74) is 4.12. The first-order chi connectivity index (χ1) is 5.26. The van der Waals surface area contributed by atoms with Crippen LogP contribution in [-0.4, -0.2) is 0 Å². The second-order valence-electron chi connectivity index (χ2n) is 2.93. The highest BCUT2D eigenvalue weighted by molar-refractivity contribution is 5.29. The van der Waals surface area contributed by atoms with Crippen molar-refractivity contribution in [1.82, 2.24) is 0 Å². The van der Waals surface area contributed by atoms with E-state index in [4.69, 9.17) is 0 Å². The first kappa shape index (κ1) is 8.32. The molecule has 11 heavy (non-hydrogen) atoms. The lowest BCUT2D eigenvalue weighted by Gasteiger charge is -2.02. The van der Waals surface area contributed by atoms with E-state index in [2.05, 4.69) is 39.0 Å². The summed E-state index contributed by atoms with van der Waals surface area (Å²) in [7, 11) is 0. The van der Waals surface area contributed by atoms with Gasteiger partial charge in [-0.1, -0.05) is 30.7 Å². The molecule has 0 unspecified atom stereocenters. The molecule has 0 aliphatic heterocycles. The molecule has 0 saturated heterocycles. The summed E-state index contributed by atoms with van der Waals surface area (Å²) in [6, 6.07) is 6.67. The molecule has 0 heterocycles. The minimum Gasteiger partial charge on any atom is -0.0613 e. The topological polar surface area (TPSA) is 0 Å². The van der Waals surface area contributed by atoms with Gasteiger partial charge in [-0.25, -0.2) is 0 Å². The molecular formula is C11H15. The Bertz CT molecular complexity index is 214. The first-order valence-electron chi connectivity index (χ1n) is 4.15. The Labute approximate surface area is 69.3 Å². The van der Waals surface area contributed by atoms with E-state index in [1.807, 2.05) is 0 Å². The summed E-state index contributed by atoms with van der Waals surface area (Å²) in [4.78, 5) is 0. The van der Waals surface area contributed by atoms with Crippen LogP contribution in [0.4, 0.5) is 0 Å². The summed E-state index contributed by atoms with van der Waals surface area (Å²) in [5, 5.41) is 0. The minimum absolute atomic E-state index is 0.898. The van der Waals surface area contributed by atoms with Crippen LogP contribution in [0.1, 0.15) is 23.6 Å². The molecule has 59 valence electrons. The minimum atomic E-state index is 0.898. The highest BCUT2D eigenvalue weighted by atomic mass is 14.0. The number of benzene rings is 1. The Morgan fingerprint density at radius 2 is 1.82 bits per heavy atom. The van der Waals surface area contributed by atoms with Crippen LogP contribution in [0.2, 0.25) is 0 Å². The second-order valence-corrected chi connectivity index (χ2v) is 2.93. The van der Waals surface area contributed by atoms with Gasteiger partial charge < -0.3 is 0 Å². The molecule has 1 radical (unpaired) electrons. The molecule has 0 aromatic heterocycles. The number of hydrogen-bond acceptors (Lipinski definition) is 0. The fourth-order valence-corrected chi connectivity index (χ4v) is 1.30. The largest absolute Gasteiger partial charge is 0.0613 e. The SMILES string of the molecule is [CH2]Cc1cc(C)cc(CC)c1. The zero-order valence-electron chi connectivity index (χ0n) is 7.35. The van der Waals surface area contributed by atoms with E-state index in [1.54, 1.807) is 0 Å². The van der Waals surface area contributed by atoms with Crippen molar-refractivity contribution >= 4 is 0 Å². The molecule has 0 heteroatoms. The second kappa shape index (κ2) is 3.56. The normalized spacial score (nSPS) is 10.1. The van der Waals surface area contributed by atoms with Crippen LogP contribution >= 0.6 is 0 Å². The van der Waals surface area contributed by atoms with Gasteiger partial charge in [0.2, 0.25) is 0 Å². The molecule has 0 atom stereocenters. The third-order valence-corrected chi connectivity index (χ3v) is 1.89. The van der Waals surface area contributed by atoms with Crippen LogP contribution in [0.25, 0.3) is 0 Å². The molecule has 0 N–H and O–H groups in total. The lowest BCUT2D eigenvalue weighted by molar-refractivity contribution is 1.11. The van der Waals surface area contributed by atoms with Crippen molar-refractivity contribution in [3.05, 3.63) is 41.8 Å².